The number of rotatable bonds is 2. The third kappa shape index (κ3) is 2.25. The number of nitrogens with zero attached hydrogens (tertiary/aromatic N) is 2. The average molecular weight is 356 g/mol. The van der Waals surface area contributed by atoms with E-state index >= 15 is 0 Å². The van der Waals surface area contributed by atoms with E-state index < -0.39 is 5.97 Å². The van der Waals surface area contributed by atoms with Gasteiger partial charge >= 0.3 is 5.97 Å². The van der Waals surface area contributed by atoms with Crippen LogP contribution in [0.25, 0.3) is 5.69 Å². The highest BCUT2D eigenvalue weighted by molar-refractivity contribution is 9.10. The summed E-state index contributed by atoms with van der Waals surface area (Å²) in [5.41, 5.74) is 2.49. The summed E-state index contributed by atoms with van der Waals surface area (Å²) in [5.74, 6) is -1.03. The number of aromatic carboxylic acids is 1. The summed E-state index contributed by atoms with van der Waals surface area (Å²) < 4.78 is 2.63. The molecule has 0 aliphatic heterocycles. The number of benzene rings is 1. The fourth-order valence-corrected chi connectivity index (χ4v) is 3.38. The molecule has 0 spiro atoms. The Balaban J connectivity index is 2.22. The number of hydrogen-bond donors (Lipinski definition) is 1. The first-order valence-corrected chi connectivity index (χ1v) is 7.56. The van der Waals surface area contributed by atoms with E-state index in [1.807, 2.05) is 24.3 Å². The molecular formula is C14H12BrClN2O2. The van der Waals surface area contributed by atoms with Crippen molar-refractivity contribution < 1.29 is 9.90 Å². The van der Waals surface area contributed by atoms with E-state index in [-0.39, 0.29) is 11.1 Å². The topological polar surface area (TPSA) is 55.1 Å². The molecule has 0 bridgehead atoms. The highest BCUT2D eigenvalue weighted by Gasteiger charge is 2.30. The van der Waals surface area contributed by atoms with E-state index in [1.165, 1.54) is 0 Å². The minimum Gasteiger partial charge on any atom is -0.476 e. The Morgan fingerprint density at radius 2 is 2.30 bits per heavy atom. The van der Waals surface area contributed by atoms with Gasteiger partial charge in [-0.25, -0.2) is 9.48 Å². The molecule has 1 atom stereocenters. The highest BCUT2D eigenvalue weighted by Crippen LogP contribution is 2.38. The van der Waals surface area contributed by atoms with E-state index in [9.17, 15) is 9.90 Å². The molecule has 0 radical (unpaired) electrons. The van der Waals surface area contributed by atoms with Gasteiger partial charge in [-0.3, -0.25) is 0 Å². The van der Waals surface area contributed by atoms with Gasteiger partial charge in [-0.1, -0.05) is 22.0 Å². The van der Waals surface area contributed by atoms with Crippen LogP contribution in [-0.4, -0.2) is 20.9 Å². The van der Waals surface area contributed by atoms with Gasteiger partial charge in [-0.05, 0) is 37.5 Å². The smallest absolute Gasteiger partial charge is 0.356 e. The number of alkyl halides is 1. The molecule has 20 heavy (non-hydrogen) atoms. The van der Waals surface area contributed by atoms with Gasteiger partial charge in [0.15, 0.2) is 5.69 Å². The first kappa shape index (κ1) is 13.6. The van der Waals surface area contributed by atoms with Gasteiger partial charge in [0, 0.05) is 15.7 Å². The summed E-state index contributed by atoms with van der Waals surface area (Å²) in [7, 11) is 0. The molecule has 3 rings (SSSR count). The predicted molar refractivity (Wildman–Crippen MR) is 79.8 cm³/mol. The number of carbonyl (C=O) groups is 1. The Bertz CT molecular complexity index is 684. The number of aromatic nitrogens is 2. The van der Waals surface area contributed by atoms with Crippen molar-refractivity contribution in [1.29, 1.82) is 0 Å². The fraction of sp³-hybridized carbons (Fsp3) is 0.286. The summed E-state index contributed by atoms with van der Waals surface area (Å²) in [6.45, 7) is 0. The molecule has 1 unspecified atom stereocenters. The lowest BCUT2D eigenvalue weighted by molar-refractivity contribution is 0.0688. The minimum absolute atomic E-state index is 0.0691. The Morgan fingerprint density at radius 3 is 3.00 bits per heavy atom. The van der Waals surface area contributed by atoms with Gasteiger partial charge in [0.25, 0.3) is 0 Å². The van der Waals surface area contributed by atoms with Crippen molar-refractivity contribution in [3.05, 3.63) is 45.7 Å². The van der Waals surface area contributed by atoms with Gasteiger partial charge in [-0.2, -0.15) is 5.10 Å². The van der Waals surface area contributed by atoms with Crippen molar-refractivity contribution in [2.75, 3.05) is 0 Å². The molecule has 1 aliphatic carbocycles. The summed E-state index contributed by atoms with van der Waals surface area (Å²) in [5, 5.41) is 13.3. The quantitative estimate of drug-likeness (QED) is 0.830. The molecule has 1 aromatic heterocycles. The molecule has 0 fully saturated rings. The standard InChI is InChI=1S/C14H12BrClN2O2/c15-8-3-1-4-9(7-8)18-11-6-2-5-10(16)12(11)13(17-18)14(19)20/h1,3-4,7,10H,2,5-6H2,(H,19,20). The van der Waals surface area contributed by atoms with Crippen molar-refractivity contribution in [2.45, 2.75) is 24.6 Å². The first-order valence-electron chi connectivity index (χ1n) is 6.33. The molecule has 0 saturated carbocycles. The van der Waals surface area contributed by atoms with Gasteiger partial charge in [0.1, 0.15) is 0 Å². The van der Waals surface area contributed by atoms with E-state index in [4.69, 9.17) is 11.6 Å². The molecular weight excluding hydrogens is 344 g/mol. The molecule has 1 aliphatic rings. The molecule has 1 N–H and O–H groups in total. The Hall–Kier alpha value is -1.33. The maximum Gasteiger partial charge on any atom is 0.356 e. The number of carboxylic acid groups (broad SMARTS) is 1. The lowest BCUT2D eigenvalue weighted by Crippen LogP contribution is -2.10. The van der Waals surface area contributed by atoms with Crippen LogP contribution in [0.1, 0.15) is 40.0 Å². The summed E-state index contributed by atoms with van der Waals surface area (Å²) in [6, 6.07) is 7.63. The van der Waals surface area contributed by atoms with E-state index in [0.717, 1.165) is 35.1 Å². The zero-order chi connectivity index (χ0) is 14.3. The molecule has 2 aromatic rings. The zero-order valence-corrected chi connectivity index (χ0v) is 12.9. The maximum atomic E-state index is 11.4. The predicted octanol–water partition coefficient (Wildman–Crippen LogP) is 3.95. The van der Waals surface area contributed by atoms with Crippen LogP contribution in [0.2, 0.25) is 0 Å². The second kappa shape index (κ2) is 5.22. The average Bonchev–Trinajstić information content (AvgIpc) is 2.80. The fourth-order valence-electron chi connectivity index (χ4n) is 2.61. The zero-order valence-electron chi connectivity index (χ0n) is 10.5. The molecule has 104 valence electrons. The van der Waals surface area contributed by atoms with Crippen LogP contribution in [0.4, 0.5) is 0 Å². The number of halogens is 2. The van der Waals surface area contributed by atoms with Crippen molar-refractivity contribution in [3.8, 4) is 5.69 Å². The van der Waals surface area contributed by atoms with Gasteiger partial charge in [-0.15, -0.1) is 11.6 Å². The summed E-state index contributed by atoms with van der Waals surface area (Å²) in [6.07, 6.45) is 2.53. The van der Waals surface area contributed by atoms with Crippen LogP contribution >= 0.6 is 27.5 Å². The number of carboxylic acids is 1. The Kier molecular flexibility index (Phi) is 3.56. The van der Waals surface area contributed by atoms with Gasteiger partial charge in [0.2, 0.25) is 0 Å². The maximum absolute atomic E-state index is 11.4. The van der Waals surface area contributed by atoms with Crippen LogP contribution in [0.5, 0.6) is 0 Å². The van der Waals surface area contributed by atoms with Crippen molar-refractivity contribution >= 4 is 33.5 Å². The monoisotopic (exact) mass is 354 g/mol. The van der Waals surface area contributed by atoms with E-state index in [0.29, 0.717) is 5.56 Å². The van der Waals surface area contributed by atoms with E-state index in [1.54, 1.807) is 4.68 Å². The van der Waals surface area contributed by atoms with Gasteiger partial charge < -0.3 is 5.11 Å². The lowest BCUT2D eigenvalue weighted by Gasteiger charge is -2.18. The van der Waals surface area contributed by atoms with Crippen molar-refractivity contribution in [1.82, 2.24) is 9.78 Å². The van der Waals surface area contributed by atoms with Crippen molar-refractivity contribution in [2.24, 2.45) is 0 Å². The molecule has 4 nitrogen and oxygen atoms in total. The normalized spacial score (nSPS) is 17.8. The van der Waals surface area contributed by atoms with Crippen LogP contribution in [0.3, 0.4) is 0 Å². The van der Waals surface area contributed by atoms with Crippen LogP contribution in [-0.2, 0) is 6.42 Å². The first-order chi connectivity index (χ1) is 9.58. The summed E-state index contributed by atoms with van der Waals surface area (Å²) in [4.78, 5) is 11.4. The molecule has 1 heterocycles. The lowest BCUT2D eigenvalue weighted by atomic mass is 9.95. The summed E-state index contributed by atoms with van der Waals surface area (Å²) >= 11 is 9.72. The third-order valence-electron chi connectivity index (χ3n) is 3.46. The second-order valence-electron chi connectivity index (χ2n) is 4.77. The van der Waals surface area contributed by atoms with Crippen LogP contribution < -0.4 is 0 Å². The van der Waals surface area contributed by atoms with Gasteiger partial charge in [0.05, 0.1) is 11.1 Å². The largest absolute Gasteiger partial charge is 0.476 e. The second-order valence-corrected chi connectivity index (χ2v) is 6.21. The minimum atomic E-state index is -1.03. The van der Waals surface area contributed by atoms with Crippen LogP contribution in [0.15, 0.2) is 28.7 Å². The number of fused-ring (bicyclic) bond motifs is 1. The highest BCUT2D eigenvalue weighted by atomic mass is 79.9. The van der Waals surface area contributed by atoms with E-state index in [2.05, 4.69) is 21.0 Å². The molecule has 1 aromatic carbocycles. The SMILES string of the molecule is O=C(O)c1nn(-c2cccc(Br)c2)c2c1C(Cl)CCC2. The number of hydrogen-bond acceptors (Lipinski definition) is 2. The third-order valence-corrected chi connectivity index (χ3v) is 4.39. The Labute approximate surface area is 129 Å². The Morgan fingerprint density at radius 1 is 1.50 bits per heavy atom. The molecule has 0 saturated heterocycles. The molecule has 6 heteroatoms. The van der Waals surface area contributed by atoms with Crippen molar-refractivity contribution in [3.63, 3.8) is 0 Å². The van der Waals surface area contributed by atoms with Crippen LogP contribution in [0, 0.1) is 0 Å². The molecule has 0 amide bonds.